The Morgan fingerprint density at radius 3 is 2.68 bits per heavy atom. The summed E-state index contributed by atoms with van der Waals surface area (Å²) in [5, 5.41) is 12.8. The number of hydrogen-bond acceptors (Lipinski definition) is 4. The Morgan fingerprint density at radius 2 is 2.05 bits per heavy atom. The van der Waals surface area contributed by atoms with E-state index in [0.29, 0.717) is 0 Å². The summed E-state index contributed by atoms with van der Waals surface area (Å²) in [6.45, 7) is 1.95. The maximum atomic E-state index is 12.0. The third-order valence-electron chi connectivity index (χ3n) is 2.65. The summed E-state index contributed by atoms with van der Waals surface area (Å²) in [7, 11) is 0. The van der Waals surface area contributed by atoms with Crippen molar-refractivity contribution >= 4 is 28.9 Å². The van der Waals surface area contributed by atoms with Crippen LogP contribution >= 0.6 is 11.3 Å². The molecule has 0 aliphatic carbocycles. The maximum absolute atomic E-state index is 12.0. The molecule has 0 spiro atoms. The third kappa shape index (κ3) is 2.95. The fourth-order valence-electron chi connectivity index (χ4n) is 1.64. The minimum Gasteiger partial charge on any atom is -0.289 e. The second kappa shape index (κ2) is 5.58. The topological polar surface area (TPSA) is 60.2 Å². The predicted molar refractivity (Wildman–Crippen MR) is 75.5 cm³/mol. The Balaban J connectivity index is 2.28. The normalized spacial score (nSPS) is 10.8. The van der Waals surface area contributed by atoms with Gasteiger partial charge in [0.25, 0.3) is 5.69 Å². The second-order valence-electron chi connectivity index (χ2n) is 3.94. The third-order valence-corrected chi connectivity index (χ3v) is 3.64. The first-order valence-electron chi connectivity index (χ1n) is 5.59. The quantitative estimate of drug-likeness (QED) is 0.368. The van der Waals surface area contributed by atoms with Gasteiger partial charge in [0.2, 0.25) is 0 Å². The summed E-state index contributed by atoms with van der Waals surface area (Å²) in [5.74, 6) is -0.361. The molecule has 0 atom stereocenters. The minimum absolute atomic E-state index is 0.109. The highest BCUT2D eigenvalue weighted by Gasteiger charge is 2.16. The van der Waals surface area contributed by atoms with E-state index in [1.807, 2.05) is 18.4 Å². The van der Waals surface area contributed by atoms with Gasteiger partial charge in [0.05, 0.1) is 10.5 Å². The Kier molecular flexibility index (Phi) is 3.87. The number of para-hydroxylation sites is 1. The van der Waals surface area contributed by atoms with Crippen LogP contribution in [0.5, 0.6) is 0 Å². The van der Waals surface area contributed by atoms with Crippen LogP contribution in [-0.4, -0.2) is 10.7 Å². The van der Waals surface area contributed by atoms with Gasteiger partial charge in [-0.1, -0.05) is 12.1 Å². The van der Waals surface area contributed by atoms with E-state index in [9.17, 15) is 14.9 Å². The van der Waals surface area contributed by atoms with Crippen molar-refractivity contribution in [2.24, 2.45) is 0 Å². The van der Waals surface area contributed by atoms with Crippen molar-refractivity contribution in [1.82, 2.24) is 0 Å². The van der Waals surface area contributed by atoms with Gasteiger partial charge in [0, 0.05) is 10.9 Å². The molecule has 2 rings (SSSR count). The number of nitro groups is 1. The van der Waals surface area contributed by atoms with E-state index < -0.39 is 4.92 Å². The molecule has 5 heteroatoms. The number of rotatable bonds is 4. The first-order chi connectivity index (χ1) is 9.09. The lowest BCUT2D eigenvalue weighted by Crippen LogP contribution is -2.00. The number of carbonyl (C=O) groups excluding carboxylic acids is 1. The molecule has 0 saturated carbocycles. The van der Waals surface area contributed by atoms with Gasteiger partial charge in [-0.25, -0.2) is 0 Å². The first-order valence-corrected chi connectivity index (χ1v) is 6.47. The molecule has 0 fully saturated rings. The highest BCUT2D eigenvalue weighted by atomic mass is 32.1. The molecule has 0 amide bonds. The van der Waals surface area contributed by atoms with Gasteiger partial charge in [0.15, 0.2) is 5.78 Å². The Labute approximate surface area is 114 Å². The van der Waals surface area contributed by atoms with Crippen molar-refractivity contribution in [3.63, 3.8) is 0 Å². The Morgan fingerprint density at radius 1 is 1.32 bits per heavy atom. The van der Waals surface area contributed by atoms with Gasteiger partial charge in [-0.2, -0.15) is 0 Å². The number of nitrogens with zero attached hydrogens (tertiary/aromatic N) is 1. The number of hydrogen-bond donors (Lipinski definition) is 0. The predicted octanol–water partition coefficient (Wildman–Crippen LogP) is 3.86. The fraction of sp³-hybridized carbons (Fsp3) is 0.0714. The van der Waals surface area contributed by atoms with E-state index in [4.69, 9.17) is 0 Å². The first kappa shape index (κ1) is 13.2. The molecule has 0 saturated heterocycles. The summed E-state index contributed by atoms with van der Waals surface area (Å²) < 4.78 is 0. The average Bonchev–Trinajstić information content (AvgIpc) is 2.81. The van der Waals surface area contributed by atoms with E-state index in [1.54, 1.807) is 18.2 Å². The van der Waals surface area contributed by atoms with E-state index in [0.717, 1.165) is 10.4 Å². The van der Waals surface area contributed by atoms with Crippen molar-refractivity contribution in [1.29, 1.82) is 0 Å². The molecule has 19 heavy (non-hydrogen) atoms. The van der Waals surface area contributed by atoms with Gasteiger partial charge in [0.1, 0.15) is 0 Å². The van der Waals surface area contributed by atoms with Crippen LogP contribution in [0.1, 0.15) is 20.8 Å². The number of carbonyl (C=O) groups is 1. The van der Waals surface area contributed by atoms with Crippen LogP contribution in [0.15, 0.2) is 41.8 Å². The minimum atomic E-state index is -0.544. The van der Waals surface area contributed by atoms with Crippen LogP contribution < -0.4 is 0 Å². The molecule has 1 heterocycles. The maximum Gasteiger partial charge on any atom is 0.280 e. The molecular formula is C14H11NO3S. The fourth-order valence-corrected chi connectivity index (χ4v) is 2.46. The van der Waals surface area contributed by atoms with Crippen LogP contribution in [0, 0.1) is 17.0 Å². The highest BCUT2D eigenvalue weighted by molar-refractivity contribution is 7.11. The van der Waals surface area contributed by atoms with Crippen LogP contribution in [0.3, 0.4) is 0 Å². The summed E-state index contributed by atoms with van der Waals surface area (Å²) >= 11 is 1.52. The second-order valence-corrected chi connectivity index (χ2v) is 4.89. The number of allylic oxidation sites excluding steroid dienone is 1. The van der Waals surface area contributed by atoms with Crippen LogP contribution in [-0.2, 0) is 0 Å². The number of benzene rings is 1. The molecule has 1 aromatic carbocycles. The van der Waals surface area contributed by atoms with Crippen molar-refractivity contribution in [3.05, 3.63) is 67.9 Å². The van der Waals surface area contributed by atoms with Gasteiger partial charge in [-0.3, -0.25) is 14.9 Å². The number of thiophene rings is 1. The summed E-state index contributed by atoms with van der Waals surface area (Å²) in [4.78, 5) is 23.3. The van der Waals surface area contributed by atoms with E-state index in [1.165, 1.54) is 29.5 Å². The largest absolute Gasteiger partial charge is 0.289 e. The molecule has 0 bridgehead atoms. The van der Waals surface area contributed by atoms with Gasteiger partial charge in [-0.05, 0) is 42.2 Å². The SMILES string of the molecule is Cc1ccsc1/C=C/C(=O)c1ccccc1[N+](=O)[O-]. The van der Waals surface area contributed by atoms with E-state index >= 15 is 0 Å². The smallest absolute Gasteiger partial charge is 0.280 e. The Bertz CT molecular complexity index is 658. The summed E-state index contributed by atoms with van der Waals surface area (Å²) in [6, 6.07) is 7.91. The van der Waals surface area contributed by atoms with Crippen LogP contribution in [0.25, 0.3) is 6.08 Å². The molecule has 1 aromatic heterocycles. The summed E-state index contributed by atoms with van der Waals surface area (Å²) in [5.41, 5.74) is 1.02. The monoisotopic (exact) mass is 273 g/mol. The average molecular weight is 273 g/mol. The molecule has 4 nitrogen and oxygen atoms in total. The van der Waals surface area contributed by atoms with Crippen LogP contribution in [0.2, 0.25) is 0 Å². The van der Waals surface area contributed by atoms with Crippen molar-refractivity contribution in [2.75, 3.05) is 0 Å². The Hall–Kier alpha value is -2.27. The molecule has 96 valence electrons. The molecule has 0 aliphatic heterocycles. The number of ketones is 1. The standard InChI is InChI=1S/C14H11NO3S/c1-10-8-9-19-14(10)7-6-13(16)11-4-2-3-5-12(11)15(17)18/h2-9H,1H3/b7-6+. The highest BCUT2D eigenvalue weighted by Crippen LogP contribution is 2.21. The van der Waals surface area contributed by atoms with Gasteiger partial charge >= 0.3 is 0 Å². The molecule has 0 aliphatic rings. The zero-order chi connectivity index (χ0) is 13.8. The van der Waals surface area contributed by atoms with Crippen molar-refractivity contribution in [2.45, 2.75) is 6.92 Å². The lowest BCUT2D eigenvalue weighted by atomic mass is 10.1. The van der Waals surface area contributed by atoms with Gasteiger partial charge < -0.3 is 0 Å². The molecule has 2 aromatic rings. The molecule has 0 N–H and O–H groups in total. The summed E-state index contributed by atoms with van der Waals surface area (Å²) in [6.07, 6.45) is 3.07. The number of aryl methyl sites for hydroxylation is 1. The lowest BCUT2D eigenvalue weighted by molar-refractivity contribution is -0.385. The lowest BCUT2D eigenvalue weighted by Gasteiger charge is -1.98. The van der Waals surface area contributed by atoms with Crippen molar-refractivity contribution < 1.29 is 9.72 Å². The van der Waals surface area contributed by atoms with Gasteiger partial charge in [-0.15, -0.1) is 11.3 Å². The van der Waals surface area contributed by atoms with Crippen molar-refractivity contribution in [3.8, 4) is 0 Å². The van der Waals surface area contributed by atoms with E-state index in [-0.39, 0.29) is 17.0 Å². The molecular weight excluding hydrogens is 262 g/mol. The number of nitro benzene ring substituents is 1. The molecule has 0 unspecified atom stereocenters. The molecule has 0 radical (unpaired) electrons. The van der Waals surface area contributed by atoms with E-state index in [2.05, 4.69) is 0 Å². The zero-order valence-electron chi connectivity index (χ0n) is 10.2. The zero-order valence-corrected chi connectivity index (χ0v) is 11.0. The van der Waals surface area contributed by atoms with Crippen LogP contribution in [0.4, 0.5) is 5.69 Å².